The predicted molar refractivity (Wildman–Crippen MR) is 112 cm³/mol. The second-order valence-electron chi connectivity index (χ2n) is 7.46. The summed E-state index contributed by atoms with van der Waals surface area (Å²) in [4.78, 5) is 50.3. The fourth-order valence-corrected chi connectivity index (χ4v) is 3.37. The van der Waals surface area contributed by atoms with Crippen LogP contribution in [0.4, 0.5) is 13.2 Å². The number of alkyl halides is 2. The molecule has 2 aromatic carbocycles. The van der Waals surface area contributed by atoms with Gasteiger partial charge >= 0.3 is 12.6 Å². The number of piperidine rings is 1. The monoisotopic (exact) mass is 478 g/mol. The molecule has 0 unspecified atom stereocenters. The van der Waals surface area contributed by atoms with Crippen LogP contribution in [0.5, 0.6) is 5.75 Å². The number of hydrogen-bond donors (Lipinski definition) is 1. The average molecular weight is 478 g/mol. The molecule has 1 fully saturated rings. The van der Waals surface area contributed by atoms with Crippen molar-refractivity contribution in [3.8, 4) is 5.75 Å². The van der Waals surface area contributed by atoms with E-state index in [1.165, 1.54) is 36.4 Å². The number of esters is 1. The van der Waals surface area contributed by atoms with E-state index in [1.54, 1.807) is 4.90 Å². The van der Waals surface area contributed by atoms with Crippen LogP contribution in [0.1, 0.15) is 33.6 Å². The van der Waals surface area contributed by atoms with Crippen molar-refractivity contribution in [3.05, 3.63) is 65.5 Å². The van der Waals surface area contributed by atoms with Gasteiger partial charge in [-0.15, -0.1) is 0 Å². The number of nitrogens with zero attached hydrogens (tertiary/aromatic N) is 1. The predicted octanol–water partition coefficient (Wildman–Crippen LogP) is 2.78. The lowest BCUT2D eigenvalue weighted by atomic mass is 9.96. The molecular weight excluding hydrogens is 457 g/mol. The zero-order valence-electron chi connectivity index (χ0n) is 17.8. The fourth-order valence-electron chi connectivity index (χ4n) is 3.37. The maximum Gasteiger partial charge on any atom is 0.387 e. The van der Waals surface area contributed by atoms with Crippen molar-refractivity contribution in [3.63, 3.8) is 0 Å². The van der Waals surface area contributed by atoms with Gasteiger partial charge in [-0.05, 0) is 61.4 Å². The second kappa shape index (κ2) is 11.3. The van der Waals surface area contributed by atoms with Gasteiger partial charge in [-0.1, -0.05) is 0 Å². The van der Waals surface area contributed by atoms with Gasteiger partial charge in [0.05, 0.1) is 5.92 Å². The summed E-state index contributed by atoms with van der Waals surface area (Å²) in [5.41, 5.74) is 0.374. The summed E-state index contributed by atoms with van der Waals surface area (Å²) < 4.78 is 46.5. The lowest BCUT2D eigenvalue weighted by Gasteiger charge is -2.31. The lowest BCUT2D eigenvalue weighted by molar-refractivity contribution is -0.153. The van der Waals surface area contributed by atoms with Gasteiger partial charge in [0.25, 0.3) is 17.7 Å². The number of benzene rings is 2. The maximum atomic E-state index is 13.0. The van der Waals surface area contributed by atoms with Gasteiger partial charge in [0.1, 0.15) is 11.6 Å². The lowest BCUT2D eigenvalue weighted by Crippen LogP contribution is -2.41. The Morgan fingerprint density at radius 1 is 0.941 bits per heavy atom. The molecule has 1 saturated heterocycles. The highest BCUT2D eigenvalue weighted by Gasteiger charge is 2.29. The molecule has 1 N–H and O–H groups in total. The van der Waals surface area contributed by atoms with Crippen molar-refractivity contribution < 1.29 is 41.8 Å². The van der Waals surface area contributed by atoms with Crippen LogP contribution < -0.4 is 10.1 Å². The van der Waals surface area contributed by atoms with Crippen LogP contribution in [0.15, 0.2) is 48.5 Å². The summed E-state index contributed by atoms with van der Waals surface area (Å²) >= 11 is 0. The highest BCUT2D eigenvalue weighted by atomic mass is 19.3. The second-order valence-corrected chi connectivity index (χ2v) is 7.46. The largest absolute Gasteiger partial charge is 0.455 e. The zero-order chi connectivity index (χ0) is 24.7. The molecule has 2 aromatic rings. The van der Waals surface area contributed by atoms with Gasteiger partial charge in [0, 0.05) is 24.2 Å². The third-order valence-corrected chi connectivity index (χ3v) is 5.15. The first-order chi connectivity index (χ1) is 16.2. The summed E-state index contributed by atoms with van der Waals surface area (Å²) in [6.45, 7) is -3.08. The summed E-state index contributed by atoms with van der Waals surface area (Å²) in [7, 11) is 0. The van der Waals surface area contributed by atoms with E-state index < -0.39 is 42.7 Å². The van der Waals surface area contributed by atoms with E-state index in [1.807, 2.05) is 5.32 Å². The van der Waals surface area contributed by atoms with Crippen molar-refractivity contribution in [2.24, 2.45) is 5.92 Å². The molecule has 0 atom stereocenters. The van der Waals surface area contributed by atoms with Crippen LogP contribution in [-0.2, 0) is 14.3 Å². The van der Waals surface area contributed by atoms with Crippen molar-refractivity contribution in [1.29, 1.82) is 0 Å². The molecule has 34 heavy (non-hydrogen) atoms. The molecule has 8 nitrogen and oxygen atoms in total. The highest BCUT2D eigenvalue weighted by Crippen LogP contribution is 2.21. The van der Waals surface area contributed by atoms with E-state index in [0.717, 1.165) is 12.1 Å². The summed E-state index contributed by atoms with van der Waals surface area (Å²) in [5.74, 6) is -3.63. The summed E-state index contributed by atoms with van der Waals surface area (Å²) in [5, 5.41) is 2.04. The molecule has 1 aliphatic rings. The minimum Gasteiger partial charge on any atom is -0.455 e. The van der Waals surface area contributed by atoms with E-state index >= 15 is 0 Å². The molecule has 3 amide bonds. The van der Waals surface area contributed by atoms with Crippen molar-refractivity contribution in [2.45, 2.75) is 19.5 Å². The van der Waals surface area contributed by atoms with Crippen LogP contribution in [0, 0.1) is 11.7 Å². The fraction of sp³-hybridized carbons (Fsp3) is 0.304. The smallest absolute Gasteiger partial charge is 0.387 e. The number of carbonyl (C=O) groups excluding carboxylic acids is 4. The summed E-state index contributed by atoms with van der Waals surface area (Å²) in [6.07, 6.45) is 0.665. The Kier molecular flexibility index (Phi) is 8.23. The van der Waals surface area contributed by atoms with Gasteiger partial charge in [-0.2, -0.15) is 8.78 Å². The van der Waals surface area contributed by atoms with Crippen LogP contribution in [0.2, 0.25) is 0 Å². The van der Waals surface area contributed by atoms with Crippen molar-refractivity contribution in [2.75, 3.05) is 19.7 Å². The number of imide groups is 1. The first kappa shape index (κ1) is 24.7. The third kappa shape index (κ3) is 6.80. The summed E-state index contributed by atoms with van der Waals surface area (Å²) in [6, 6.07) is 9.89. The number of rotatable bonds is 7. The van der Waals surface area contributed by atoms with E-state index in [2.05, 4.69) is 4.74 Å². The number of ether oxygens (including phenoxy) is 2. The van der Waals surface area contributed by atoms with Crippen LogP contribution >= 0.6 is 0 Å². The molecule has 0 radical (unpaired) electrons. The molecule has 11 heteroatoms. The number of carbonyl (C=O) groups is 4. The molecule has 0 aromatic heterocycles. The Balaban J connectivity index is 1.40. The molecule has 0 bridgehead atoms. The molecule has 180 valence electrons. The van der Waals surface area contributed by atoms with E-state index in [-0.39, 0.29) is 17.2 Å². The quantitative estimate of drug-likeness (QED) is 0.614. The highest BCUT2D eigenvalue weighted by molar-refractivity contribution is 6.05. The first-order valence-electron chi connectivity index (χ1n) is 10.3. The van der Waals surface area contributed by atoms with Gasteiger partial charge in [-0.3, -0.25) is 24.5 Å². The average Bonchev–Trinajstić information content (AvgIpc) is 2.82. The number of amides is 3. The van der Waals surface area contributed by atoms with Crippen molar-refractivity contribution in [1.82, 2.24) is 10.2 Å². The van der Waals surface area contributed by atoms with Gasteiger partial charge in [0.15, 0.2) is 6.61 Å². The SMILES string of the molecule is O=C(COC(=O)C1CCN(C(=O)c2ccc(F)cc2)CC1)NC(=O)c1ccc(OC(F)F)cc1. The Morgan fingerprint density at radius 2 is 1.53 bits per heavy atom. The van der Waals surface area contributed by atoms with Gasteiger partial charge in [0.2, 0.25) is 0 Å². The standard InChI is InChI=1S/C23H21F3N2O6/c24-17-5-1-15(2-6-17)21(31)28-11-9-16(10-12-28)22(32)33-13-19(29)27-20(30)14-3-7-18(8-4-14)34-23(25)26/h1-8,16,23H,9-13H2,(H,27,29,30). The Labute approximate surface area is 192 Å². The third-order valence-electron chi connectivity index (χ3n) is 5.15. The Hall–Kier alpha value is -3.89. The number of nitrogens with one attached hydrogen (secondary N) is 1. The first-order valence-corrected chi connectivity index (χ1v) is 10.3. The molecule has 1 heterocycles. The number of likely N-dealkylation sites (tertiary alicyclic amines) is 1. The molecule has 0 aliphatic carbocycles. The zero-order valence-corrected chi connectivity index (χ0v) is 17.8. The topological polar surface area (TPSA) is 102 Å². The molecule has 3 rings (SSSR count). The number of halogens is 3. The van der Waals surface area contributed by atoms with Crippen LogP contribution in [0.3, 0.4) is 0 Å². The minimum absolute atomic E-state index is 0.0273. The maximum absolute atomic E-state index is 13.0. The normalized spacial score (nSPS) is 13.9. The Morgan fingerprint density at radius 3 is 2.12 bits per heavy atom. The van der Waals surface area contributed by atoms with Crippen LogP contribution in [0.25, 0.3) is 0 Å². The van der Waals surface area contributed by atoms with Crippen molar-refractivity contribution >= 4 is 23.7 Å². The van der Waals surface area contributed by atoms with Gasteiger partial charge < -0.3 is 14.4 Å². The molecule has 1 aliphatic heterocycles. The Bertz CT molecular complexity index is 1040. The number of hydrogen-bond acceptors (Lipinski definition) is 6. The minimum atomic E-state index is -3.00. The van der Waals surface area contributed by atoms with E-state index in [9.17, 15) is 32.3 Å². The van der Waals surface area contributed by atoms with Crippen LogP contribution in [-0.4, -0.2) is 54.9 Å². The molecule has 0 saturated carbocycles. The van der Waals surface area contributed by atoms with E-state index in [0.29, 0.717) is 31.5 Å². The molecular formula is C23H21F3N2O6. The molecule has 0 spiro atoms. The van der Waals surface area contributed by atoms with Gasteiger partial charge in [-0.25, -0.2) is 4.39 Å². The van der Waals surface area contributed by atoms with E-state index in [4.69, 9.17) is 4.74 Å².